The van der Waals surface area contributed by atoms with Crippen LogP contribution < -0.4 is 0 Å². The van der Waals surface area contributed by atoms with Crippen LogP contribution in [0, 0.1) is 12.7 Å². The molecule has 126 valence electrons. The van der Waals surface area contributed by atoms with E-state index in [9.17, 15) is 9.18 Å². The number of hydrogen-bond acceptors (Lipinski definition) is 3. The number of pyridine rings is 1. The molecule has 1 saturated heterocycles. The van der Waals surface area contributed by atoms with E-state index in [0.717, 1.165) is 43.9 Å². The highest BCUT2D eigenvalue weighted by Crippen LogP contribution is 2.12. The number of amides is 1. The van der Waals surface area contributed by atoms with Crippen molar-refractivity contribution in [1.29, 1.82) is 0 Å². The maximum atomic E-state index is 13.0. The summed E-state index contributed by atoms with van der Waals surface area (Å²) in [5, 5.41) is 0. The molecule has 1 aromatic heterocycles. The molecule has 1 fully saturated rings. The van der Waals surface area contributed by atoms with E-state index in [1.807, 2.05) is 36.1 Å². The number of nitrogens with zero attached hydrogens (tertiary/aromatic N) is 3. The van der Waals surface area contributed by atoms with Gasteiger partial charge in [0.25, 0.3) is 5.91 Å². The third-order valence-corrected chi connectivity index (χ3v) is 4.35. The molecule has 0 spiro atoms. The molecule has 1 aliphatic rings. The lowest BCUT2D eigenvalue weighted by Crippen LogP contribution is -2.35. The maximum Gasteiger partial charge on any atom is 0.255 e. The van der Waals surface area contributed by atoms with E-state index < -0.39 is 0 Å². The Balaban J connectivity index is 1.59. The molecule has 0 saturated carbocycles. The lowest BCUT2D eigenvalue weighted by Gasteiger charge is -2.22. The Labute approximate surface area is 141 Å². The molecule has 5 heteroatoms. The summed E-state index contributed by atoms with van der Waals surface area (Å²) in [4.78, 5) is 21.0. The summed E-state index contributed by atoms with van der Waals surface area (Å²) in [6, 6.07) is 10.3. The molecule has 0 atom stereocenters. The Kier molecular flexibility index (Phi) is 5.20. The molecule has 2 aromatic rings. The van der Waals surface area contributed by atoms with Crippen LogP contribution in [0.2, 0.25) is 0 Å². The molecule has 0 unspecified atom stereocenters. The van der Waals surface area contributed by atoms with Gasteiger partial charge in [0.05, 0.1) is 5.56 Å². The standard InChI is InChI=1S/C19H22FN3O/c1-15-3-6-17(13-21-15)19(24)23-10-2-9-22(11-12-23)14-16-4-7-18(20)8-5-16/h3-8,13H,2,9-12,14H2,1H3. The molecule has 0 aliphatic carbocycles. The third-order valence-electron chi connectivity index (χ3n) is 4.35. The van der Waals surface area contributed by atoms with Gasteiger partial charge in [-0.1, -0.05) is 12.1 Å². The van der Waals surface area contributed by atoms with Crippen LogP contribution in [0.4, 0.5) is 4.39 Å². The van der Waals surface area contributed by atoms with Crippen LogP contribution in [0.5, 0.6) is 0 Å². The van der Waals surface area contributed by atoms with E-state index in [1.54, 1.807) is 6.20 Å². The average Bonchev–Trinajstić information content (AvgIpc) is 2.83. The number of hydrogen-bond donors (Lipinski definition) is 0. The van der Waals surface area contributed by atoms with Gasteiger partial charge in [0.15, 0.2) is 0 Å². The molecule has 1 aromatic carbocycles. The van der Waals surface area contributed by atoms with Crippen LogP contribution in [-0.2, 0) is 6.54 Å². The van der Waals surface area contributed by atoms with Crippen LogP contribution >= 0.6 is 0 Å². The van der Waals surface area contributed by atoms with Crippen LogP contribution in [0.1, 0.15) is 28.0 Å². The van der Waals surface area contributed by atoms with Gasteiger partial charge < -0.3 is 4.90 Å². The van der Waals surface area contributed by atoms with E-state index in [0.29, 0.717) is 12.1 Å². The molecule has 1 aliphatic heterocycles. The van der Waals surface area contributed by atoms with Gasteiger partial charge in [-0.3, -0.25) is 14.7 Å². The monoisotopic (exact) mass is 327 g/mol. The molecule has 0 bridgehead atoms. The number of benzene rings is 1. The molecule has 3 rings (SSSR count). The van der Waals surface area contributed by atoms with Crippen molar-refractivity contribution in [3.8, 4) is 0 Å². The van der Waals surface area contributed by atoms with Gasteiger partial charge in [0, 0.05) is 44.6 Å². The first-order valence-corrected chi connectivity index (χ1v) is 8.30. The van der Waals surface area contributed by atoms with Crippen LogP contribution in [0.25, 0.3) is 0 Å². The molecular weight excluding hydrogens is 305 g/mol. The molecule has 4 nitrogen and oxygen atoms in total. The number of aryl methyl sites for hydroxylation is 1. The lowest BCUT2D eigenvalue weighted by molar-refractivity contribution is 0.0760. The highest BCUT2D eigenvalue weighted by atomic mass is 19.1. The smallest absolute Gasteiger partial charge is 0.255 e. The van der Waals surface area contributed by atoms with Crippen LogP contribution in [0.3, 0.4) is 0 Å². The lowest BCUT2D eigenvalue weighted by atomic mass is 10.2. The quantitative estimate of drug-likeness (QED) is 0.870. The van der Waals surface area contributed by atoms with E-state index in [2.05, 4.69) is 9.88 Å². The molecule has 24 heavy (non-hydrogen) atoms. The van der Waals surface area contributed by atoms with E-state index in [4.69, 9.17) is 0 Å². The second-order valence-electron chi connectivity index (χ2n) is 6.24. The number of carbonyl (C=O) groups is 1. The summed E-state index contributed by atoms with van der Waals surface area (Å²) in [5.41, 5.74) is 2.65. The second kappa shape index (κ2) is 7.53. The van der Waals surface area contributed by atoms with Crippen LogP contribution in [-0.4, -0.2) is 46.9 Å². The Bertz CT molecular complexity index is 685. The zero-order valence-corrected chi connectivity index (χ0v) is 13.9. The van der Waals surface area contributed by atoms with Crippen molar-refractivity contribution in [3.63, 3.8) is 0 Å². The summed E-state index contributed by atoms with van der Waals surface area (Å²) in [5.74, 6) is -0.163. The normalized spacial score (nSPS) is 16.0. The molecule has 0 N–H and O–H groups in total. The third kappa shape index (κ3) is 4.17. The first-order chi connectivity index (χ1) is 11.6. The number of rotatable bonds is 3. The minimum absolute atomic E-state index is 0.0473. The van der Waals surface area contributed by atoms with Crippen molar-refractivity contribution < 1.29 is 9.18 Å². The number of carbonyl (C=O) groups excluding carboxylic acids is 1. The Hall–Kier alpha value is -2.27. The minimum Gasteiger partial charge on any atom is -0.337 e. The van der Waals surface area contributed by atoms with E-state index in [-0.39, 0.29) is 11.7 Å². The number of aromatic nitrogens is 1. The zero-order chi connectivity index (χ0) is 16.9. The summed E-state index contributed by atoms with van der Waals surface area (Å²) >= 11 is 0. The molecule has 1 amide bonds. The average molecular weight is 327 g/mol. The van der Waals surface area contributed by atoms with Gasteiger partial charge in [-0.25, -0.2) is 4.39 Å². The van der Waals surface area contributed by atoms with Crippen molar-refractivity contribution in [1.82, 2.24) is 14.8 Å². The van der Waals surface area contributed by atoms with Gasteiger partial charge in [-0.2, -0.15) is 0 Å². The van der Waals surface area contributed by atoms with Gasteiger partial charge in [-0.05, 0) is 43.2 Å². The summed E-state index contributed by atoms with van der Waals surface area (Å²) in [7, 11) is 0. The fraction of sp³-hybridized carbons (Fsp3) is 0.368. The van der Waals surface area contributed by atoms with E-state index in [1.165, 1.54) is 12.1 Å². The van der Waals surface area contributed by atoms with Gasteiger partial charge in [0.2, 0.25) is 0 Å². The van der Waals surface area contributed by atoms with Gasteiger partial charge in [0.1, 0.15) is 5.82 Å². The predicted molar refractivity (Wildman–Crippen MR) is 91.2 cm³/mol. The minimum atomic E-state index is -0.210. The maximum absolute atomic E-state index is 13.0. The second-order valence-corrected chi connectivity index (χ2v) is 6.24. The topological polar surface area (TPSA) is 36.4 Å². The van der Waals surface area contributed by atoms with Crippen molar-refractivity contribution in [3.05, 3.63) is 65.2 Å². The van der Waals surface area contributed by atoms with Crippen LogP contribution in [0.15, 0.2) is 42.6 Å². The molecular formula is C19H22FN3O. The van der Waals surface area contributed by atoms with Crippen molar-refractivity contribution >= 4 is 5.91 Å². The first-order valence-electron chi connectivity index (χ1n) is 8.30. The fourth-order valence-electron chi connectivity index (χ4n) is 2.96. The highest BCUT2D eigenvalue weighted by Gasteiger charge is 2.20. The predicted octanol–water partition coefficient (Wildman–Crippen LogP) is 2.88. The fourth-order valence-corrected chi connectivity index (χ4v) is 2.96. The largest absolute Gasteiger partial charge is 0.337 e. The Morgan fingerprint density at radius 3 is 2.58 bits per heavy atom. The summed E-state index contributed by atoms with van der Waals surface area (Å²) in [6.07, 6.45) is 2.59. The van der Waals surface area contributed by atoms with Gasteiger partial charge >= 0.3 is 0 Å². The summed E-state index contributed by atoms with van der Waals surface area (Å²) < 4.78 is 13.0. The molecule has 0 radical (unpaired) electrons. The van der Waals surface area contributed by atoms with Crippen molar-refractivity contribution in [2.45, 2.75) is 19.9 Å². The van der Waals surface area contributed by atoms with Crippen molar-refractivity contribution in [2.75, 3.05) is 26.2 Å². The SMILES string of the molecule is Cc1ccc(C(=O)N2CCCN(Cc3ccc(F)cc3)CC2)cn1. The highest BCUT2D eigenvalue weighted by molar-refractivity contribution is 5.93. The van der Waals surface area contributed by atoms with Gasteiger partial charge in [-0.15, -0.1) is 0 Å². The van der Waals surface area contributed by atoms with Crippen molar-refractivity contribution in [2.24, 2.45) is 0 Å². The Morgan fingerprint density at radius 2 is 1.88 bits per heavy atom. The van der Waals surface area contributed by atoms with E-state index >= 15 is 0 Å². The molecule has 2 heterocycles. The number of halogens is 1. The Morgan fingerprint density at radius 1 is 1.08 bits per heavy atom. The summed E-state index contributed by atoms with van der Waals surface area (Å²) in [6.45, 7) is 5.91. The zero-order valence-electron chi connectivity index (χ0n) is 13.9. The first kappa shape index (κ1) is 16.6.